The smallest absolute Gasteiger partial charge is 0.253 e. The number of hydrogen-bond donors (Lipinski definition) is 3. The van der Waals surface area contributed by atoms with Crippen LogP contribution >= 0.6 is 0 Å². The second-order valence-corrected chi connectivity index (χ2v) is 7.93. The summed E-state index contributed by atoms with van der Waals surface area (Å²) in [5, 5.41) is 5.02. The predicted octanol–water partition coefficient (Wildman–Crippen LogP) is 2.79. The van der Waals surface area contributed by atoms with Gasteiger partial charge in [-0.1, -0.05) is 6.07 Å². The standard InChI is InChI=1S/C18H19F2N3O4S/c1-10(14-6-4-12(19)8-16(14)20)21-18(25)15-9-13(22-11(2)24)5-7-17(15)23-28(3,26)27/h4-10,23H,1-3H3,(H,21,25)(H,22,24). The fraction of sp³-hybridized carbons (Fsp3) is 0.222. The summed E-state index contributed by atoms with van der Waals surface area (Å²) in [6.07, 6.45) is 0.924. The van der Waals surface area contributed by atoms with Crippen LogP contribution < -0.4 is 15.4 Å². The number of amides is 2. The highest BCUT2D eigenvalue weighted by molar-refractivity contribution is 7.92. The van der Waals surface area contributed by atoms with Crippen LogP contribution in [0.1, 0.15) is 35.8 Å². The first kappa shape index (κ1) is 21.3. The van der Waals surface area contributed by atoms with Crippen molar-refractivity contribution in [2.75, 3.05) is 16.3 Å². The summed E-state index contributed by atoms with van der Waals surface area (Å²) in [5.41, 5.74) is 0.245. The van der Waals surface area contributed by atoms with Gasteiger partial charge in [-0.2, -0.15) is 0 Å². The molecule has 3 N–H and O–H groups in total. The zero-order valence-corrected chi connectivity index (χ0v) is 16.2. The summed E-state index contributed by atoms with van der Waals surface area (Å²) in [6.45, 7) is 2.78. The first-order valence-corrected chi connectivity index (χ1v) is 10.0. The Hall–Kier alpha value is -3.01. The molecule has 28 heavy (non-hydrogen) atoms. The lowest BCUT2D eigenvalue weighted by Crippen LogP contribution is -2.28. The molecule has 2 aromatic rings. The Kier molecular flexibility index (Phi) is 6.34. The number of carbonyl (C=O) groups excluding carboxylic acids is 2. The molecular weight excluding hydrogens is 392 g/mol. The molecule has 0 spiro atoms. The number of anilines is 2. The van der Waals surface area contributed by atoms with E-state index in [1.54, 1.807) is 0 Å². The molecule has 10 heteroatoms. The molecule has 2 aromatic carbocycles. The van der Waals surface area contributed by atoms with Gasteiger partial charge in [-0.3, -0.25) is 14.3 Å². The zero-order chi connectivity index (χ0) is 21.1. The number of benzene rings is 2. The molecule has 0 aliphatic rings. The maximum absolute atomic E-state index is 13.9. The molecule has 150 valence electrons. The molecule has 0 bridgehead atoms. The first-order chi connectivity index (χ1) is 13.0. The van der Waals surface area contributed by atoms with Gasteiger partial charge in [0.25, 0.3) is 5.91 Å². The number of nitrogens with one attached hydrogen (secondary N) is 3. The van der Waals surface area contributed by atoms with Crippen molar-refractivity contribution in [2.45, 2.75) is 19.9 Å². The lowest BCUT2D eigenvalue weighted by molar-refractivity contribution is -0.114. The minimum atomic E-state index is -3.68. The van der Waals surface area contributed by atoms with E-state index in [2.05, 4.69) is 15.4 Å². The lowest BCUT2D eigenvalue weighted by Gasteiger charge is -2.18. The van der Waals surface area contributed by atoms with Gasteiger partial charge in [-0.15, -0.1) is 0 Å². The summed E-state index contributed by atoms with van der Waals surface area (Å²) in [7, 11) is -3.68. The number of sulfonamides is 1. The summed E-state index contributed by atoms with van der Waals surface area (Å²) in [4.78, 5) is 23.9. The maximum atomic E-state index is 13.9. The quantitative estimate of drug-likeness (QED) is 0.680. The van der Waals surface area contributed by atoms with Crippen molar-refractivity contribution in [2.24, 2.45) is 0 Å². The molecular formula is C18H19F2N3O4S. The number of rotatable bonds is 6. The van der Waals surface area contributed by atoms with Crippen molar-refractivity contribution >= 4 is 33.2 Å². The Balaban J connectivity index is 2.36. The van der Waals surface area contributed by atoms with Crippen molar-refractivity contribution in [3.8, 4) is 0 Å². The molecule has 0 aromatic heterocycles. The van der Waals surface area contributed by atoms with E-state index < -0.39 is 33.6 Å². The molecule has 2 amide bonds. The third-order valence-electron chi connectivity index (χ3n) is 3.66. The van der Waals surface area contributed by atoms with Crippen molar-refractivity contribution in [3.63, 3.8) is 0 Å². The molecule has 0 saturated carbocycles. The third kappa shape index (κ3) is 5.74. The molecule has 0 fully saturated rings. The van der Waals surface area contributed by atoms with Crippen LogP contribution in [0.15, 0.2) is 36.4 Å². The van der Waals surface area contributed by atoms with Crippen LogP contribution in [0.4, 0.5) is 20.2 Å². The minimum absolute atomic E-state index is 0.0131. The minimum Gasteiger partial charge on any atom is -0.345 e. The Morgan fingerprint density at radius 2 is 1.75 bits per heavy atom. The molecule has 7 nitrogen and oxygen atoms in total. The van der Waals surface area contributed by atoms with E-state index in [0.29, 0.717) is 6.07 Å². The SMILES string of the molecule is CC(=O)Nc1ccc(NS(C)(=O)=O)c(C(=O)NC(C)c2ccc(F)cc2F)c1. The van der Waals surface area contributed by atoms with Crippen molar-refractivity contribution in [1.29, 1.82) is 0 Å². The summed E-state index contributed by atoms with van der Waals surface area (Å²) in [5.74, 6) is -2.66. The first-order valence-electron chi connectivity index (χ1n) is 8.11. The Morgan fingerprint density at radius 3 is 2.32 bits per heavy atom. The second kappa shape index (κ2) is 8.34. The van der Waals surface area contributed by atoms with Crippen LogP contribution in [0.3, 0.4) is 0 Å². The highest BCUT2D eigenvalue weighted by Crippen LogP contribution is 2.24. The van der Waals surface area contributed by atoms with Crippen LogP contribution in [0.25, 0.3) is 0 Å². The van der Waals surface area contributed by atoms with E-state index in [9.17, 15) is 26.8 Å². The topological polar surface area (TPSA) is 104 Å². The van der Waals surface area contributed by atoms with E-state index in [-0.39, 0.29) is 28.4 Å². The second-order valence-electron chi connectivity index (χ2n) is 6.18. The van der Waals surface area contributed by atoms with E-state index in [4.69, 9.17) is 0 Å². The van der Waals surface area contributed by atoms with Gasteiger partial charge in [0.15, 0.2) is 0 Å². The maximum Gasteiger partial charge on any atom is 0.253 e. The Labute approximate surface area is 161 Å². The van der Waals surface area contributed by atoms with Gasteiger partial charge in [-0.25, -0.2) is 17.2 Å². The van der Waals surface area contributed by atoms with E-state index in [1.807, 2.05) is 0 Å². The number of carbonyl (C=O) groups is 2. The monoisotopic (exact) mass is 411 g/mol. The van der Waals surface area contributed by atoms with Gasteiger partial charge >= 0.3 is 0 Å². The summed E-state index contributed by atoms with van der Waals surface area (Å²) in [6, 6.07) is 6.18. The van der Waals surface area contributed by atoms with Crippen LogP contribution in [-0.4, -0.2) is 26.5 Å². The Morgan fingerprint density at radius 1 is 1.07 bits per heavy atom. The Bertz CT molecular complexity index is 1030. The molecule has 0 radical (unpaired) electrons. The van der Waals surface area contributed by atoms with Crippen LogP contribution in [0, 0.1) is 11.6 Å². The highest BCUT2D eigenvalue weighted by atomic mass is 32.2. The van der Waals surface area contributed by atoms with Crippen molar-refractivity contribution < 1.29 is 26.8 Å². The van der Waals surface area contributed by atoms with Crippen molar-refractivity contribution in [1.82, 2.24) is 5.32 Å². The van der Waals surface area contributed by atoms with E-state index in [0.717, 1.165) is 12.3 Å². The van der Waals surface area contributed by atoms with Crippen LogP contribution in [0.5, 0.6) is 0 Å². The molecule has 2 rings (SSSR count). The van der Waals surface area contributed by atoms with Crippen molar-refractivity contribution in [3.05, 3.63) is 59.2 Å². The van der Waals surface area contributed by atoms with Gasteiger partial charge in [-0.05, 0) is 31.2 Å². The number of hydrogen-bond acceptors (Lipinski definition) is 4. The van der Waals surface area contributed by atoms with E-state index >= 15 is 0 Å². The predicted molar refractivity (Wildman–Crippen MR) is 101 cm³/mol. The average molecular weight is 411 g/mol. The highest BCUT2D eigenvalue weighted by Gasteiger charge is 2.19. The van der Waals surface area contributed by atoms with E-state index in [1.165, 1.54) is 38.1 Å². The van der Waals surface area contributed by atoms with Gasteiger partial charge < -0.3 is 10.6 Å². The molecule has 0 aliphatic heterocycles. The average Bonchev–Trinajstić information content (AvgIpc) is 2.54. The van der Waals surface area contributed by atoms with Gasteiger partial charge in [0.05, 0.1) is 23.5 Å². The van der Waals surface area contributed by atoms with Gasteiger partial charge in [0.2, 0.25) is 15.9 Å². The third-order valence-corrected chi connectivity index (χ3v) is 4.25. The molecule has 1 atom stereocenters. The molecule has 0 heterocycles. The largest absolute Gasteiger partial charge is 0.345 e. The lowest BCUT2D eigenvalue weighted by atomic mass is 10.1. The number of halogens is 2. The zero-order valence-electron chi connectivity index (χ0n) is 15.3. The molecule has 0 aliphatic carbocycles. The fourth-order valence-electron chi connectivity index (χ4n) is 2.51. The molecule has 1 unspecified atom stereocenters. The fourth-order valence-corrected chi connectivity index (χ4v) is 3.08. The molecule has 0 saturated heterocycles. The summed E-state index contributed by atoms with van der Waals surface area (Å²) < 4.78 is 52.3. The van der Waals surface area contributed by atoms with Crippen LogP contribution in [0.2, 0.25) is 0 Å². The van der Waals surface area contributed by atoms with Gasteiger partial charge in [0.1, 0.15) is 11.6 Å². The summed E-state index contributed by atoms with van der Waals surface area (Å²) >= 11 is 0. The van der Waals surface area contributed by atoms with Gasteiger partial charge in [0, 0.05) is 24.2 Å². The normalized spacial score (nSPS) is 12.2. The van der Waals surface area contributed by atoms with Crippen LogP contribution in [-0.2, 0) is 14.8 Å².